The molecular formula is C16H26N4O2. The second kappa shape index (κ2) is 6.79. The lowest BCUT2D eigenvalue weighted by molar-refractivity contribution is -0.0271. The van der Waals surface area contributed by atoms with Crippen LogP contribution in [0, 0.1) is 0 Å². The number of nitrogens with zero attached hydrogens (tertiary/aromatic N) is 3. The van der Waals surface area contributed by atoms with Gasteiger partial charge >= 0.3 is 0 Å². The molecule has 1 aliphatic heterocycles. The number of carbonyl (C=O) groups excluding carboxylic acids is 1. The molecule has 1 amide bonds. The van der Waals surface area contributed by atoms with Crippen LogP contribution in [0.5, 0.6) is 0 Å². The van der Waals surface area contributed by atoms with E-state index in [-0.39, 0.29) is 12.0 Å². The molecule has 1 N–H and O–H groups in total. The van der Waals surface area contributed by atoms with E-state index in [4.69, 9.17) is 4.74 Å². The number of aryl methyl sites for hydroxylation is 1. The fraction of sp³-hybridized carbons (Fsp3) is 0.750. The van der Waals surface area contributed by atoms with Gasteiger partial charge in [0, 0.05) is 30.9 Å². The number of nitrogens with one attached hydrogen (secondary N) is 1. The predicted octanol–water partition coefficient (Wildman–Crippen LogP) is 1.08. The molecule has 0 unspecified atom stereocenters. The zero-order valence-corrected chi connectivity index (χ0v) is 13.6. The average molecular weight is 306 g/mol. The molecule has 1 atom stereocenters. The van der Waals surface area contributed by atoms with Crippen molar-refractivity contribution in [2.75, 3.05) is 40.3 Å². The molecule has 22 heavy (non-hydrogen) atoms. The third-order valence-corrected chi connectivity index (χ3v) is 4.58. The summed E-state index contributed by atoms with van der Waals surface area (Å²) in [4.78, 5) is 16.9. The lowest BCUT2D eigenvalue weighted by Gasteiger charge is -2.33. The minimum absolute atomic E-state index is 0.0672. The van der Waals surface area contributed by atoms with Crippen molar-refractivity contribution < 1.29 is 9.53 Å². The van der Waals surface area contributed by atoms with Gasteiger partial charge in [0.2, 0.25) is 0 Å². The van der Waals surface area contributed by atoms with E-state index in [1.807, 2.05) is 4.90 Å². The number of aromatic amines is 1. The minimum atomic E-state index is 0.0672. The van der Waals surface area contributed by atoms with Crippen molar-refractivity contribution in [1.29, 1.82) is 0 Å². The van der Waals surface area contributed by atoms with Gasteiger partial charge in [0.05, 0.1) is 12.7 Å². The molecule has 1 aromatic heterocycles. The number of amides is 1. The summed E-state index contributed by atoms with van der Waals surface area (Å²) in [6.45, 7) is 2.94. The molecule has 2 aliphatic rings. The molecule has 0 radical (unpaired) electrons. The van der Waals surface area contributed by atoms with Crippen LogP contribution >= 0.6 is 0 Å². The van der Waals surface area contributed by atoms with Crippen LogP contribution in [0.2, 0.25) is 0 Å². The van der Waals surface area contributed by atoms with Gasteiger partial charge in [-0.05, 0) is 46.2 Å². The SMILES string of the molecule is CN(C)CC[C@H]1CN(C(=O)c2n[nH]c3c2CCCC3)CCO1. The number of fused-ring (bicyclic) bond motifs is 1. The van der Waals surface area contributed by atoms with Gasteiger partial charge in [-0.1, -0.05) is 0 Å². The van der Waals surface area contributed by atoms with Crippen LogP contribution in [0.4, 0.5) is 0 Å². The average Bonchev–Trinajstić information content (AvgIpc) is 2.96. The van der Waals surface area contributed by atoms with Gasteiger partial charge in [-0.15, -0.1) is 0 Å². The number of hydrogen-bond donors (Lipinski definition) is 1. The van der Waals surface area contributed by atoms with Crippen LogP contribution in [0.25, 0.3) is 0 Å². The van der Waals surface area contributed by atoms with Crippen molar-refractivity contribution in [1.82, 2.24) is 20.0 Å². The second-order valence-corrected chi connectivity index (χ2v) is 6.57. The molecule has 1 aliphatic carbocycles. The molecule has 1 saturated heterocycles. The Hall–Kier alpha value is -1.40. The van der Waals surface area contributed by atoms with Crippen molar-refractivity contribution in [2.24, 2.45) is 0 Å². The van der Waals surface area contributed by atoms with Crippen LogP contribution in [0.1, 0.15) is 41.0 Å². The van der Waals surface area contributed by atoms with E-state index < -0.39 is 0 Å². The smallest absolute Gasteiger partial charge is 0.274 e. The Labute approximate surface area is 131 Å². The van der Waals surface area contributed by atoms with E-state index in [2.05, 4.69) is 29.2 Å². The van der Waals surface area contributed by atoms with Crippen LogP contribution in [-0.2, 0) is 17.6 Å². The van der Waals surface area contributed by atoms with Crippen molar-refractivity contribution >= 4 is 5.91 Å². The van der Waals surface area contributed by atoms with Crippen molar-refractivity contribution in [3.8, 4) is 0 Å². The third kappa shape index (κ3) is 3.33. The molecule has 0 bridgehead atoms. The number of H-pyrrole nitrogens is 1. The largest absolute Gasteiger partial charge is 0.374 e. The molecule has 6 heteroatoms. The maximum absolute atomic E-state index is 12.8. The van der Waals surface area contributed by atoms with Crippen molar-refractivity contribution in [3.05, 3.63) is 17.0 Å². The van der Waals surface area contributed by atoms with Gasteiger partial charge in [0.25, 0.3) is 5.91 Å². The number of hydrogen-bond acceptors (Lipinski definition) is 4. The van der Waals surface area contributed by atoms with Gasteiger partial charge in [0.1, 0.15) is 0 Å². The highest BCUT2D eigenvalue weighted by molar-refractivity contribution is 5.94. The summed E-state index contributed by atoms with van der Waals surface area (Å²) < 4.78 is 5.79. The van der Waals surface area contributed by atoms with Gasteiger partial charge in [-0.2, -0.15) is 5.10 Å². The number of ether oxygens (including phenoxy) is 1. The van der Waals surface area contributed by atoms with Crippen molar-refractivity contribution in [2.45, 2.75) is 38.2 Å². The zero-order valence-electron chi connectivity index (χ0n) is 13.6. The van der Waals surface area contributed by atoms with Gasteiger partial charge in [0.15, 0.2) is 5.69 Å². The van der Waals surface area contributed by atoms with E-state index in [0.29, 0.717) is 25.4 Å². The Morgan fingerprint density at radius 2 is 2.23 bits per heavy atom. The molecule has 6 nitrogen and oxygen atoms in total. The summed E-state index contributed by atoms with van der Waals surface area (Å²) in [6, 6.07) is 0. The normalized spacial score (nSPS) is 22.0. The Balaban J connectivity index is 1.65. The molecule has 0 saturated carbocycles. The van der Waals surface area contributed by atoms with Gasteiger partial charge in [-0.3, -0.25) is 9.89 Å². The highest BCUT2D eigenvalue weighted by atomic mass is 16.5. The molecule has 1 aromatic rings. The molecule has 122 valence electrons. The molecular weight excluding hydrogens is 280 g/mol. The minimum Gasteiger partial charge on any atom is -0.374 e. The first-order chi connectivity index (χ1) is 10.6. The highest BCUT2D eigenvalue weighted by Crippen LogP contribution is 2.23. The number of aromatic nitrogens is 2. The van der Waals surface area contributed by atoms with Crippen molar-refractivity contribution in [3.63, 3.8) is 0 Å². The van der Waals surface area contributed by atoms with E-state index in [9.17, 15) is 4.79 Å². The highest BCUT2D eigenvalue weighted by Gasteiger charge is 2.29. The Bertz CT molecular complexity index is 526. The van der Waals surface area contributed by atoms with Crippen LogP contribution in [-0.4, -0.2) is 72.3 Å². The fourth-order valence-corrected chi connectivity index (χ4v) is 3.29. The van der Waals surface area contributed by atoms with E-state index in [1.54, 1.807) is 0 Å². The summed E-state index contributed by atoms with van der Waals surface area (Å²) >= 11 is 0. The fourth-order valence-electron chi connectivity index (χ4n) is 3.29. The monoisotopic (exact) mass is 306 g/mol. The predicted molar refractivity (Wildman–Crippen MR) is 84.0 cm³/mol. The summed E-state index contributed by atoms with van der Waals surface area (Å²) in [5.41, 5.74) is 2.95. The molecule has 1 fully saturated rings. The maximum atomic E-state index is 12.8. The second-order valence-electron chi connectivity index (χ2n) is 6.57. The Morgan fingerprint density at radius 3 is 3.05 bits per heavy atom. The summed E-state index contributed by atoms with van der Waals surface area (Å²) in [6.07, 6.45) is 5.42. The maximum Gasteiger partial charge on any atom is 0.274 e. The third-order valence-electron chi connectivity index (χ3n) is 4.58. The van der Waals surface area contributed by atoms with Crippen LogP contribution in [0.3, 0.4) is 0 Å². The van der Waals surface area contributed by atoms with Gasteiger partial charge < -0.3 is 14.5 Å². The lowest BCUT2D eigenvalue weighted by Crippen LogP contribution is -2.46. The van der Waals surface area contributed by atoms with Crippen LogP contribution < -0.4 is 0 Å². The number of rotatable bonds is 4. The van der Waals surface area contributed by atoms with E-state index in [1.165, 1.54) is 6.42 Å². The molecule has 3 rings (SSSR count). The molecule has 2 heterocycles. The summed E-state index contributed by atoms with van der Waals surface area (Å²) in [5, 5.41) is 7.37. The van der Waals surface area contributed by atoms with Crippen LogP contribution in [0.15, 0.2) is 0 Å². The molecule has 0 aromatic carbocycles. The lowest BCUT2D eigenvalue weighted by atomic mass is 9.95. The Morgan fingerprint density at radius 1 is 1.41 bits per heavy atom. The van der Waals surface area contributed by atoms with Gasteiger partial charge in [-0.25, -0.2) is 0 Å². The van der Waals surface area contributed by atoms with E-state index >= 15 is 0 Å². The first-order valence-electron chi connectivity index (χ1n) is 8.27. The Kier molecular flexibility index (Phi) is 4.78. The molecule has 0 spiro atoms. The number of carbonyl (C=O) groups is 1. The number of morpholine rings is 1. The summed E-state index contributed by atoms with van der Waals surface area (Å²) in [7, 11) is 4.11. The topological polar surface area (TPSA) is 61.5 Å². The standard InChI is InChI=1S/C16H26N4O2/c1-19(2)8-7-12-11-20(9-10-22-12)16(21)15-13-5-3-4-6-14(13)17-18-15/h12H,3-11H2,1-2H3,(H,17,18)/t12-/m0/s1. The first-order valence-corrected chi connectivity index (χ1v) is 8.27. The first kappa shape index (κ1) is 15.5. The zero-order chi connectivity index (χ0) is 15.5. The summed E-state index contributed by atoms with van der Waals surface area (Å²) in [5.74, 6) is 0.0672. The van der Waals surface area contributed by atoms with E-state index in [0.717, 1.165) is 43.5 Å². The quantitative estimate of drug-likeness (QED) is 0.904.